The van der Waals surface area contributed by atoms with Crippen LogP contribution in [0, 0.1) is 6.92 Å². The van der Waals surface area contributed by atoms with Crippen molar-refractivity contribution in [1.82, 2.24) is 34.4 Å². The van der Waals surface area contributed by atoms with Crippen LogP contribution < -0.4 is 16.8 Å². The summed E-state index contributed by atoms with van der Waals surface area (Å²) in [6.07, 6.45) is 2.74. The van der Waals surface area contributed by atoms with Gasteiger partial charge in [-0.15, -0.1) is 5.10 Å². The zero-order valence-electron chi connectivity index (χ0n) is 19.2. The molecule has 0 saturated heterocycles. The van der Waals surface area contributed by atoms with Crippen molar-refractivity contribution >= 4 is 34.4 Å². The maximum atomic E-state index is 12.9. The zero-order chi connectivity index (χ0) is 24.6. The van der Waals surface area contributed by atoms with E-state index in [2.05, 4.69) is 32.3 Å². The van der Waals surface area contributed by atoms with Gasteiger partial charge in [0.05, 0.1) is 12.2 Å². The number of imidazole rings is 1. The molecule has 1 aliphatic rings. The number of nitrogens with one attached hydrogen (secondary N) is 1. The molecule has 180 valence electrons. The molecule has 4 heterocycles. The summed E-state index contributed by atoms with van der Waals surface area (Å²) in [7, 11) is 0. The van der Waals surface area contributed by atoms with Crippen molar-refractivity contribution in [2.75, 3.05) is 11.5 Å². The van der Waals surface area contributed by atoms with Crippen molar-refractivity contribution < 1.29 is 13.6 Å². The lowest BCUT2D eigenvalue weighted by atomic mass is 9.78. The molecule has 0 atom stereocenters. The van der Waals surface area contributed by atoms with Gasteiger partial charge in [0.15, 0.2) is 11.5 Å². The Morgan fingerprint density at radius 2 is 1.94 bits per heavy atom. The third kappa shape index (κ3) is 4.61. The average Bonchev–Trinajstić information content (AvgIpc) is 3.27. The summed E-state index contributed by atoms with van der Waals surface area (Å²) in [5.41, 5.74) is 14.4. The lowest BCUT2D eigenvalue weighted by Gasteiger charge is -2.38. The monoisotopic (exact) mass is 471 g/mol. The molecule has 4 aromatic heterocycles. The van der Waals surface area contributed by atoms with E-state index in [1.54, 1.807) is 38.2 Å². The fraction of sp³-hybridized carbons (Fsp3) is 0.409. The molecule has 0 bridgehead atoms. The highest BCUT2D eigenvalue weighted by molar-refractivity contribution is 5.88. The number of carbonyl (C=O) groups excluding carboxylic acids is 1. The molecule has 0 aromatic carbocycles. The van der Waals surface area contributed by atoms with Crippen molar-refractivity contribution in [2.45, 2.75) is 58.5 Å². The SMILES string of the molecule is CC(=O)NC1(C)CCC1.Cc1nc2ccc(-c3ccn4nc(N)nc(N)c34)nc2n1CC(F)F. The van der Waals surface area contributed by atoms with E-state index in [1.807, 2.05) is 0 Å². The van der Waals surface area contributed by atoms with Crippen LogP contribution in [0.25, 0.3) is 27.9 Å². The maximum absolute atomic E-state index is 12.9. The van der Waals surface area contributed by atoms with Gasteiger partial charge in [0.2, 0.25) is 11.9 Å². The van der Waals surface area contributed by atoms with Crippen LogP contribution in [0.1, 0.15) is 38.9 Å². The normalized spacial score (nSPS) is 14.6. The highest BCUT2D eigenvalue weighted by Crippen LogP contribution is 2.31. The fourth-order valence-electron chi connectivity index (χ4n) is 4.16. The minimum Gasteiger partial charge on any atom is -0.382 e. The topological polar surface area (TPSA) is 142 Å². The van der Waals surface area contributed by atoms with E-state index in [1.165, 1.54) is 15.5 Å². The molecule has 5 rings (SSSR count). The van der Waals surface area contributed by atoms with Gasteiger partial charge >= 0.3 is 0 Å². The lowest BCUT2D eigenvalue weighted by Crippen LogP contribution is -2.50. The molecule has 0 spiro atoms. The van der Waals surface area contributed by atoms with Gasteiger partial charge in [0, 0.05) is 24.2 Å². The maximum Gasteiger partial charge on any atom is 0.256 e. The van der Waals surface area contributed by atoms with Gasteiger partial charge in [-0.1, -0.05) is 0 Å². The molecule has 10 nitrogen and oxygen atoms in total. The van der Waals surface area contributed by atoms with Gasteiger partial charge < -0.3 is 21.4 Å². The standard InChI is InChI=1S/C15H14F2N8.C7H13NO/c1-7-20-10-3-2-9(21-14(10)24(7)6-11(16)17)8-4-5-25-12(8)13(18)22-15(19)23-25;1-6(9)8-7(2)4-3-5-7/h2-5,11H,6H2,1H3,(H4,18,19,22,23);3-5H2,1-2H3,(H,8,9). The quantitative estimate of drug-likeness (QED) is 0.415. The molecule has 0 radical (unpaired) electrons. The van der Waals surface area contributed by atoms with Gasteiger partial charge in [-0.25, -0.2) is 23.3 Å². The Morgan fingerprint density at radius 1 is 1.21 bits per heavy atom. The summed E-state index contributed by atoms with van der Waals surface area (Å²) in [6, 6.07) is 5.27. The number of aromatic nitrogens is 6. The Balaban J connectivity index is 0.000000257. The van der Waals surface area contributed by atoms with E-state index in [0.717, 1.165) is 12.8 Å². The number of fused-ring (bicyclic) bond motifs is 2. The third-order valence-electron chi connectivity index (χ3n) is 5.87. The van der Waals surface area contributed by atoms with Gasteiger partial charge in [0.25, 0.3) is 6.43 Å². The van der Waals surface area contributed by atoms with E-state index in [0.29, 0.717) is 33.8 Å². The van der Waals surface area contributed by atoms with Crippen LogP contribution in [-0.2, 0) is 11.3 Å². The van der Waals surface area contributed by atoms with Crippen LogP contribution in [0.2, 0.25) is 0 Å². The molecule has 4 aromatic rings. The number of halogens is 2. The molecule has 1 aliphatic carbocycles. The number of pyridine rings is 1. The van der Waals surface area contributed by atoms with E-state index in [-0.39, 0.29) is 23.2 Å². The van der Waals surface area contributed by atoms with Crippen molar-refractivity contribution in [3.05, 3.63) is 30.2 Å². The van der Waals surface area contributed by atoms with Gasteiger partial charge in [-0.3, -0.25) is 4.79 Å². The summed E-state index contributed by atoms with van der Waals surface area (Å²) in [5.74, 6) is 0.849. The first-order valence-electron chi connectivity index (χ1n) is 10.9. The first-order chi connectivity index (χ1) is 16.1. The second-order valence-electron chi connectivity index (χ2n) is 8.67. The molecule has 34 heavy (non-hydrogen) atoms. The van der Waals surface area contributed by atoms with Crippen molar-refractivity contribution in [1.29, 1.82) is 0 Å². The van der Waals surface area contributed by atoms with Crippen molar-refractivity contribution in [2.24, 2.45) is 0 Å². The predicted octanol–water partition coefficient (Wildman–Crippen LogP) is 2.94. The number of aryl methyl sites for hydroxylation is 1. The Kier molecular flexibility index (Phi) is 6.07. The Labute approximate surface area is 194 Å². The lowest BCUT2D eigenvalue weighted by molar-refractivity contribution is -0.121. The molecule has 12 heteroatoms. The number of nitrogen functional groups attached to an aromatic ring is 2. The first kappa shape index (κ1) is 23.3. The van der Waals surface area contributed by atoms with Gasteiger partial charge in [0.1, 0.15) is 16.9 Å². The highest BCUT2D eigenvalue weighted by atomic mass is 19.3. The summed E-state index contributed by atoms with van der Waals surface area (Å²) in [4.78, 5) is 23.3. The second-order valence-corrected chi connectivity index (χ2v) is 8.67. The Morgan fingerprint density at radius 3 is 2.53 bits per heavy atom. The number of hydrogen-bond donors (Lipinski definition) is 3. The van der Waals surface area contributed by atoms with Crippen molar-refractivity contribution in [3.63, 3.8) is 0 Å². The molecule has 5 N–H and O–H groups in total. The number of nitrogens with two attached hydrogens (primary N) is 2. The highest BCUT2D eigenvalue weighted by Gasteiger charge is 2.31. The molecule has 1 amide bonds. The van der Waals surface area contributed by atoms with Crippen LogP contribution in [0.3, 0.4) is 0 Å². The number of anilines is 2. The summed E-state index contributed by atoms with van der Waals surface area (Å²) in [6.45, 7) is 4.88. The number of amides is 1. The first-order valence-corrected chi connectivity index (χ1v) is 10.9. The van der Waals surface area contributed by atoms with Crippen molar-refractivity contribution in [3.8, 4) is 11.3 Å². The molecule has 1 saturated carbocycles. The van der Waals surface area contributed by atoms with E-state index in [4.69, 9.17) is 11.5 Å². The fourth-order valence-corrected chi connectivity index (χ4v) is 4.16. The van der Waals surface area contributed by atoms with Gasteiger partial charge in [-0.05, 0) is 51.3 Å². The Bertz CT molecular complexity index is 1360. The molecular formula is C22H27F2N9O. The minimum atomic E-state index is -2.50. The number of rotatable bonds is 4. The van der Waals surface area contributed by atoms with Crippen LogP contribution in [0.5, 0.6) is 0 Å². The smallest absolute Gasteiger partial charge is 0.256 e. The third-order valence-corrected chi connectivity index (χ3v) is 5.87. The number of hydrogen-bond acceptors (Lipinski definition) is 7. The predicted molar refractivity (Wildman–Crippen MR) is 125 cm³/mol. The van der Waals surface area contributed by atoms with E-state index < -0.39 is 13.0 Å². The molecule has 0 aliphatic heterocycles. The molecule has 0 unspecified atom stereocenters. The largest absolute Gasteiger partial charge is 0.382 e. The molecule has 1 fully saturated rings. The van der Waals surface area contributed by atoms with E-state index >= 15 is 0 Å². The zero-order valence-corrected chi connectivity index (χ0v) is 19.2. The summed E-state index contributed by atoms with van der Waals surface area (Å²) < 4.78 is 28.6. The van der Waals surface area contributed by atoms with Crippen LogP contribution in [0.4, 0.5) is 20.5 Å². The number of carbonyl (C=O) groups is 1. The van der Waals surface area contributed by atoms with Crippen LogP contribution >= 0.6 is 0 Å². The average molecular weight is 472 g/mol. The Hall–Kier alpha value is -3.83. The van der Waals surface area contributed by atoms with Crippen LogP contribution in [-0.4, -0.2) is 47.0 Å². The molecular weight excluding hydrogens is 444 g/mol. The minimum absolute atomic E-state index is 0.0567. The number of nitrogens with zero attached hydrogens (tertiary/aromatic N) is 6. The number of alkyl halides is 2. The summed E-state index contributed by atoms with van der Waals surface area (Å²) >= 11 is 0. The van der Waals surface area contributed by atoms with E-state index in [9.17, 15) is 13.6 Å². The second kappa shape index (κ2) is 8.84. The van der Waals surface area contributed by atoms with Crippen LogP contribution in [0.15, 0.2) is 24.4 Å². The summed E-state index contributed by atoms with van der Waals surface area (Å²) in [5, 5.41) is 6.98. The van der Waals surface area contributed by atoms with Gasteiger partial charge in [-0.2, -0.15) is 4.98 Å².